The van der Waals surface area contributed by atoms with E-state index in [1.54, 1.807) is 31.7 Å². The van der Waals surface area contributed by atoms with Gasteiger partial charge in [0.1, 0.15) is 23.7 Å². The molecule has 7 heteroatoms. The molecule has 0 bridgehead atoms. The van der Waals surface area contributed by atoms with E-state index in [-0.39, 0.29) is 11.8 Å². The summed E-state index contributed by atoms with van der Waals surface area (Å²) in [5.74, 6) is 7.48. The maximum Gasteiger partial charge on any atom is 0.228 e. The summed E-state index contributed by atoms with van der Waals surface area (Å²) in [4.78, 5) is 28.7. The molecule has 1 saturated carbocycles. The summed E-state index contributed by atoms with van der Waals surface area (Å²) in [7, 11) is 1.80. The average Bonchev–Trinajstić information content (AvgIpc) is 3.52. The van der Waals surface area contributed by atoms with E-state index < -0.39 is 0 Å². The zero-order valence-electron chi connectivity index (χ0n) is 14.2. The Bertz CT molecular complexity index is 1030. The van der Waals surface area contributed by atoms with Crippen LogP contribution in [-0.2, 0) is 4.79 Å². The molecule has 1 amide bonds. The second-order valence-corrected chi connectivity index (χ2v) is 5.99. The van der Waals surface area contributed by atoms with Gasteiger partial charge in [0.05, 0.1) is 5.56 Å². The van der Waals surface area contributed by atoms with Crippen LogP contribution < -0.4 is 10.6 Å². The lowest BCUT2D eigenvalue weighted by molar-refractivity contribution is -0.117. The largest absolute Gasteiger partial charge is 0.373 e. The number of rotatable bonds is 3. The zero-order valence-corrected chi connectivity index (χ0v) is 14.2. The number of hydrogen-bond donors (Lipinski definition) is 2. The SMILES string of the molecule is CNc1ncc(C#Cc2ccncn2)c2cc(NC(=O)C3CC3)ncc12. The molecule has 3 heterocycles. The summed E-state index contributed by atoms with van der Waals surface area (Å²) in [6.45, 7) is 0. The molecule has 0 aliphatic heterocycles. The van der Waals surface area contributed by atoms with Gasteiger partial charge < -0.3 is 10.6 Å². The van der Waals surface area contributed by atoms with Crippen LogP contribution in [0.15, 0.2) is 37.1 Å². The van der Waals surface area contributed by atoms with Crippen molar-refractivity contribution in [2.75, 3.05) is 17.7 Å². The van der Waals surface area contributed by atoms with E-state index in [4.69, 9.17) is 0 Å². The van der Waals surface area contributed by atoms with E-state index >= 15 is 0 Å². The summed E-state index contributed by atoms with van der Waals surface area (Å²) in [6.07, 6.45) is 8.40. The molecule has 0 radical (unpaired) electrons. The molecule has 1 fully saturated rings. The molecular weight excluding hydrogens is 328 g/mol. The topological polar surface area (TPSA) is 92.7 Å². The summed E-state index contributed by atoms with van der Waals surface area (Å²) < 4.78 is 0. The van der Waals surface area contributed by atoms with E-state index in [1.807, 2.05) is 6.07 Å². The number of fused-ring (bicyclic) bond motifs is 1. The Kier molecular flexibility index (Phi) is 4.15. The number of aromatic nitrogens is 4. The van der Waals surface area contributed by atoms with Crippen LogP contribution in [0.25, 0.3) is 10.8 Å². The predicted octanol–water partition coefficient (Wildman–Crippen LogP) is 2.21. The lowest BCUT2D eigenvalue weighted by atomic mass is 10.1. The lowest BCUT2D eigenvalue weighted by Gasteiger charge is -2.09. The highest BCUT2D eigenvalue weighted by Crippen LogP contribution is 2.31. The first kappa shape index (κ1) is 16.0. The molecule has 26 heavy (non-hydrogen) atoms. The smallest absolute Gasteiger partial charge is 0.228 e. The second kappa shape index (κ2) is 6.76. The molecule has 128 valence electrons. The van der Waals surface area contributed by atoms with Gasteiger partial charge in [-0.1, -0.05) is 5.92 Å². The van der Waals surface area contributed by atoms with Gasteiger partial charge in [-0.3, -0.25) is 4.79 Å². The van der Waals surface area contributed by atoms with Gasteiger partial charge in [-0.2, -0.15) is 0 Å². The van der Waals surface area contributed by atoms with Crippen molar-refractivity contribution in [3.63, 3.8) is 0 Å². The number of carbonyl (C=O) groups is 1. The molecule has 4 rings (SSSR count). The fourth-order valence-corrected chi connectivity index (χ4v) is 2.57. The Balaban J connectivity index is 1.76. The minimum Gasteiger partial charge on any atom is -0.373 e. The molecule has 1 aliphatic carbocycles. The van der Waals surface area contributed by atoms with Crippen LogP contribution in [-0.4, -0.2) is 32.9 Å². The molecule has 0 saturated heterocycles. The third kappa shape index (κ3) is 3.30. The summed E-state index contributed by atoms with van der Waals surface area (Å²) >= 11 is 0. The first-order valence-corrected chi connectivity index (χ1v) is 8.30. The first-order chi connectivity index (χ1) is 12.7. The first-order valence-electron chi connectivity index (χ1n) is 8.30. The molecule has 0 spiro atoms. The fraction of sp³-hybridized carbons (Fsp3) is 0.211. The van der Waals surface area contributed by atoms with Gasteiger partial charge >= 0.3 is 0 Å². The van der Waals surface area contributed by atoms with Crippen molar-refractivity contribution in [1.29, 1.82) is 0 Å². The Morgan fingerprint density at radius 3 is 2.77 bits per heavy atom. The van der Waals surface area contributed by atoms with Gasteiger partial charge in [0.25, 0.3) is 0 Å². The van der Waals surface area contributed by atoms with Crippen molar-refractivity contribution in [3.05, 3.63) is 48.3 Å². The van der Waals surface area contributed by atoms with Crippen LogP contribution >= 0.6 is 0 Å². The summed E-state index contributed by atoms with van der Waals surface area (Å²) in [6, 6.07) is 3.58. The highest BCUT2D eigenvalue weighted by molar-refractivity contribution is 5.99. The van der Waals surface area contributed by atoms with Crippen molar-refractivity contribution in [2.45, 2.75) is 12.8 Å². The van der Waals surface area contributed by atoms with Gasteiger partial charge in [-0.15, -0.1) is 0 Å². The minimum absolute atomic E-state index is 0.0216. The molecule has 0 unspecified atom stereocenters. The normalized spacial score (nSPS) is 13.0. The van der Waals surface area contributed by atoms with Gasteiger partial charge in [0.2, 0.25) is 5.91 Å². The molecule has 1 aliphatic rings. The van der Waals surface area contributed by atoms with Gasteiger partial charge in [0, 0.05) is 42.3 Å². The molecular formula is C19H16N6O. The van der Waals surface area contributed by atoms with E-state index in [0.717, 1.165) is 29.2 Å². The molecule has 0 atom stereocenters. The van der Waals surface area contributed by atoms with Crippen LogP contribution in [0.4, 0.5) is 11.6 Å². The second-order valence-electron chi connectivity index (χ2n) is 5.99. The Hall–Kier alpha value is -3.53. The van der Waals surface area contributed by atoms with Gasteiger partial charge in [0.15, 0.2) is 0 Å². The van der Waals surface area contributed by atoms with Crippen molar-refractivity contribution < 1.29 is 4.79 Å². The van der Waals surface area contributed by atoms with Gasteiger partial charge in [-0.05, 0) is 30.9 Å². The number of anilines is 2. The highest BCUT2D eigenvalue weighted by Gasteiger charge is 2.29. The molecule has 7 nitrogen and oxygen atoms in total. The zero-order chi connectivity index (χ0) is 17.9. The lowest BCUT2D eigenvalue weighted by Crippen LogP contribution is -2.14. The van der Waals surface area contributed by atoms with Crippen molar-refractivity contribution in [2.24, 2.45) is 5.92 Å². The number of pyridine rings is 2. The number of nitrogens with zero attached hydrogens (tertiary/aromatic N) is 4. The third-order valence-corrected chi connectivity index (χ3v) is 4.12. The van der Waals surface area contributed by atoms with Crippen molar-refractivity contribution in [1.82, 2.24) is 19.9 Å². The average molecular weight is 344 g/mol. The van der Waals surface area contributed by atoms with E-state index in [0.29, 0.717) is 17.3 Å². The standard InChI is InChI=1S/C19H16N6O/c1-20-18-16-10-22-17(25-19(26)12-2-3-12)8-15(16)13(9-23-18)4-5-14-6-7-21-11-24-14/h6-12H,2-3H2,1H3,(H,20,23)(H,22,25,26). The maximum atomic E-state index is 12.0. The van der Waals surface area contributed by atoms with Gasteiger partial charge in [-0.25, -0.2) is 19.9 Å². The van der Waals surface area contributed by atoms with Crippen LogP contribution in [0, 0.1) is 17.8 Å². The maximum absolute atomic E-state index is 12.0. The van der Waals surface area contributed by atoms with E-state index in [9.17, 15) is 4.79 Å². The van der Waals surface area contributed by atoms with E-state index in [2.05, 4.69) is 42.4 Å². The molecule has 2 N–H and O–H groups in total. The van der Waals surface area contributed by atoms with Crippen molar-refractivity contribution >= 4 is 28.3 Å². The molecule has 0 aromatic carbocycles. The minimum atomic E-state index is 0.0216. The Morgan fingerprint density at radius 2 is 2.04 bits per heavy atom. The highest BCUT2D eigenvalue weighted by atomic mass is 16.2. The fourth-order valence-electron chi connectivity index (χ4n) is 2.57. The predicted molar refractivity (Wildman–Crippen MR) is 98.5 cm³/mol. The van der Waals surface area contributed by atoms with Crippen molar-refractivity contribution in [3.8, 4) is 11.8 Å². The quantitative estimate of drug-likeness (QED) is 0.708. The molecule has 3 aromatic rings. The van der Waals surface area contributed by atoms with Crippen LogP contribution in [0.5, 0.6) is 0 Å². The van der Waals surface area contributed by atoms with Crippen LogP contribution in [0.1, 0.15) is 24.1 Å². The summed E-state index contributed by atoms with van der Waals surface area (Å²) in [5.41, 5.74) is 1.36. The number of hydrogen-bond acceptors (Lipinski definition) is 6. The number of amides is 1. The molecule has 3 aromatic heterocycles. The van der Waals surface area contributed by atoms with Crippen LogP contribution in [0.2, 0.25) is 0 Å². The monoisotopic (exact) mass is 344 g/mol. The number of carbonyl (C=O) groups excluding carboxylic acids is 1. The Labute approximate surface area is 150 Å². The number of nitrogens with one attached hydrogen (secondary N) is 2. The van der Waals surface area contributed by atoms with E-state index in [1.165, 1.54) is 6.33 Å². The van der Waals surface area contributed by atoms with Crippen LogP contribution in [0.3, 0.4) is 0 Å². The Morgan fingerprint density at radius 1 is 1.15 bits per heavy atom. The third-order valence-electron chi connectivity index (χ3n) is 4.12. The summed E-state index contributed by atoms with van der Waals surface area (Å²) in [5, 5.41) is 7.63.